The van der Waals surface area contributed by atoms with E-state index in [4.69, 9.17) is 0 Å². The Morgan fingerprint density at radius 3 is 1.78 bits per heavy atom. The summed E-state index contributed by atoms with van der Waals surface area (Å²) < 4.78 is 0. The topological polar surface area (TPSA) is 3.24 Å². The Labute approximate surface area is 124 Å². The van der Waals surface area contributed by atoms with Crippen molar-refractivity contribution in [3.05, 3.63) is 0 Å². The van der Waals surface area contributed by atoms with Crippen LogP contribution in [0.3, 0.4) is 0 Å². The summed E-state index contributed by atoms with van der Waals surface area (Å²) in [5.41, 5.74) is 0.809. The Hall–Kier alpha value is 0.440. The van der Waals surface area contributed by atoms with Gasteiger partial charge in [-0.2, -0.15) is 0 Å². The largest absolute Gasteiger partial charge is 0.303 e. The predicted octanol–water partition coefficient (Wildman–Crippen LogP) is 5.33. The molecular formula is C16H34BrN. The van der Waals surface area contributed by atoms with Gasteiger partial charge < -0.3 is 4.90 Å². The summed E-state index contributed by atoms with van der Waals surface area (Å²) in [7, 11) is 2.29. The quantitative estimate of drug-likeness (QED) is 0.546. The van der Waals surface area contributed by atoms with Crippen LogP contribution in [0, 0.1) is 10.8 Å². The summed E-state index contributed by atoms with van der Waals surface area (Å²) in [5, 5.41) is 1.13. The van der Waals surface area contributed by atoms with Crippen molar-refractivity contribution < 1.29 is 0 Å². The van der Waals surface area contributed by atoms with Gasteiger partial charge in [0.2, 0.25) is 0 Å². The lowest BCUT2D eigenvalue weighted by Crippen LogP contribution is -2.46. The molecule has 1 atom stereocenters. The highest BCUT2D eigenvalue weighted by Crippen LogP contribution is 2.35. The normalized spacial score (nSPS) is 15.2. The van der Waals surface area contributed by atoms with Gasteiger partial charge in [0.1, 0.15) is 0 Å². The van der Waals surface area contributed by atoms with E-state index in [-0.39, 0.29) is 0 Å². The Balaban J connectivity index is 4.75. The van der Waals surface area contributed by atoms with Gasteiger partial charge in [0.05, 0.1) is 0 Å². The number of nitrogens with zero attached hydrogens (tertiary/aromatic N) is 1. The van der Waals surface area contributed by atoms with Crippen molar-refractivity contribution in [1.82, 2.24) is 4.90 Å². The van der Waals surface area contributed by atoms with E-state index >= 15 is 0 Å². The van der Waals surface area contributed by atoms with E-state index in [9.17, 15) is 0 Å². The van der Waals surface area contributed by atoms with E-state index in [1.165, 1.54) is 32.2 Å². The molecule has 1 nitrogen and oxygen atoms in total. The monoisotopic (exact) mass is 319 g/mol. The lowest BCUT2D eigenvalue weighted by atomic mass is 9.79. The first kappa shape index (κ1) is 18.4. The number of alkyl halides is 1. The summed E-state index contributed by atoms with van der Waals surface area (Å²) in [4.78, 5) is 2.56. The lowest BCUT2D eigenvalue weighted by molar-refractivity contribution is 0.0842. The molecule has 0 aliphatic carbocycles. The fraction of sp³-hybridized carbons (Fsp3) is 1.00. The van der Waals surface area contributed by atoms with Gasteiger partial charge in [-0.15, -0.1) is 0 Å². The lowest BCUT2D eigenvalue weighted by Gasteiger charge is -2.42. The third-order valence-corrected chi connectivity index (χ3v) is 5.53. The van der Waals surface area contributed by atoms with Crippen molar-refractivity contribution in [2.24, 2.45) is 10.8 Å². The van der Waals surface area contributed by atoms with E-state index in [1.807, 2.05) is 0 Å². The molecule has 0 amide bonds. The summed E-state index contributed by atoms with van der Waals surface area (Å²) in [6.45, 7) is 15.2. The first-order chi connectivity index (χ1) is 8.22. The van der Waals surface area contributed by atoms with Crippen LogP contribution in [0.25, 0.3) is 0 Å². The first-order valence-electron chi connectivity index (χ1n) is 7.48. The number of rotatable bonds is 8. The zero-order valence-electron chi connectivity index (χ0n) is 13.6. The van der Waals surface area contributed by atoms with Crippen LogP contribution < -0.4 is 0 Å². The summed E-state index contributed by atoms with van der Waals surface area (Å²) >= 11 is 3.78. The zero-order chi connectivity index (χ0) is 14.4. The molecule has 0 aliphatic heterocycles. The minimum atomic E-state index is 0.352. The standard InChI is InChI=1S/C16H34BrN/c1-8-10-16(12-17,11-9-2)13-18(7)14(3)15(4,5)6/h14H,8-13H2,1-7H3. The molecule has 0 fully saturated rings. The molecule has 0 heterocycles. The Bertz CT molecular complexity index is 214. The Kier molecular flexibility index (Phi) is 8.08. The minimum Gasteiger partial charge on any atom is -0.303 e. The summed E-state index contributed by atoms with van der Waals surface area (Å²) in [6.07, 6.45) is 5.22. The molecule has 0 aromatic heterocycles. The van der Waals surface area contributed by atoms with Gasteiger partial charge in [-0.3, -0.25) is 0 Å². The molecule has 18 heavy (non-hydrogen) atoms. The van der Waals surface area contributed by atoms with Crippen molar-refractivity contribution in [2.75, 3.05) is 18.9 Å². The second-order valence-corrected chi connectivity index (χ2v) is 7.65. The molecule has 0 spiro atoms. The van der Waals surface area contributed by atoms with Crippen molar-refractivity contribution in [1.29, 1.82) is 0 Å². The van der Waals surface area contributed by atoms with Gasteiger partial charge in [-0.1, -0.05) is 63.4 Å². The highest BCUT2D eigenvalue weighted by molar-refractivity contribution is 9.09. The van der Waals surface area contributed by atoms with Crippen LogP contribution in [0.5, 0.6) is 0 Å². The summed E-state index contributed by atoms with van der Waals surface area (Å²) in [5.74, 6) is 0. The molecule has 0 saturated carbocycles. The molecule has 2 heteroatoms. The molecule has 0 saturated heterocycles. The molecule has 1 unspecified atom stereocenters. The van der Waals surface area contributed by atoms with Crippen LogP contribution in [0.2, 0.25) is 0 Å². The van der Waals surface area contributed by atoms with Crippen molar-refractivity contribution in [2.45, 2.75) is 73.3 Å². The third-order valence-electron chi connectivity index (χ3n) is 4.34. The first-order valence-corrected chi connectivity index (χ1v) is 8.60. The van der Waals surface area contributed by atoms with Crippen LogP contribution in [-0.2, 0) is 0 Å². The minimum absolute atomic E-state index is 0.352. The van der Waals surface area contributed by atoms with E-state index in [1.54, 1.807) is 0 Å². The molecule has 0 aromatic carbocycles. The highest BCUT2D eigenvalue weighted by atomic mass is 79.9. The SMILES string of the molecule is CCCC(CBr)(CCC)CN(C)C(C)C(C)(C)C. The molecule has 0 aliphatic rings. The maximum atomic E-state index is 3.78. The van der Waals surface area contributed by atoms with Crippen LogP contribution >= 0.6 is 15.9 Å². The highest BCUT2D eigenvalue weighted by Gasteiger charge is 2.32. The summed E-state index contributed by atoms with van der Waals surface area (Å²) in [6, 6.07) is 0.615. The average molecular weight is 320 g/mol. The van der Waals surface area contributed by atoms with E-state index in [0.29, 0.717) is 16.9 Å². The molecule has 0 bridgehead atoms. The van der Waals surface area contributed by atoms with Gasteiger partial charge in [0.25, 0.3) is 0 Å². The van der Waals surface area contributed by atoms with Gasteiger partial charge in [0, 0.05) is 17.9 Å². The Morgan fingerprint density at radius 1 is 1.06 bits per heavy atom. The molecule has 0 radical (unpaired) electrons. The number of hydrogen-bond acceptors (Lipinski definition) is 1. The van der Waals surface area contributed by atoms with E-state index in [0.717, 1.165) is 5.33 Å². The maximum absolute atomic E-state index is 3.78. The van der Waals surface area contributed by atoms with Gasteiger partial charge in [-0.05, 0) is 37.6 Å². The smallest absolute Gasteiger partial charge is 0.0113 e. The van der Waals surface area contributed by atoms with Crippen LogP contribution in [0.15, 0.2) is 0 Å². The number of hydrogen-bond donors (Lipinski definition) is 0. The van der Waals surface area contributed by atoms with Crippen molar-refractivity contribution >= 4 is 15.9 Å². The van der Waals surface area contributed by atoms with E-state index < -0.39 is 0 Å². The molecule has 0 aromatic rings. The molecule has 110 valence electrons. The third kappa shape index (κ3) is 5.61. The second-order valence-electron chi connectivity index (χ2n) is 7.09. The van der Waals surface area contributed by atoms with E-state index in [2.05, 4.69) is 69.4 Å². The number of halogens is 1. The Morgan fingerprint density at radius 2 is 1.50 bits per heavy atom. The second kappa shape index (κ2) is 7.89. The predicted molar refractivity (Wildman–Crippen MR) is 87.6 cm³/mol. The van der Waals surface area contributed by atoms with Gasteiger partial charge in [0.15, 0.2) is 0 Å². The van der Waals surface area contributed by atoms with Crippen LogP contribution in [-0.4, -0.2) is 29.9 Å². The van der Waals surface area contributed by atoms with Crippen LogP contribution in [0.4, 0.5) is 0 Å². The van der Waals surface area contributed by atoms with Crippen molar-refractivity contribution in [3.63, 3.8) is 0 Å². The van der Waals surface area contributed by atoms with Gasteiger partial charge in [-0.25, -0.2) is 0 Å². The van der Waals surface area contributed by atoms with Crippen LogP contribution in [0.1, 0.15) is 67.2 Å². The van der Waals surface area contributed by atoms with Crippen molar-refractivity contribution in [3.8, 4) is 0 Å². The molecule has 0 N–H and O–H groups in total. The molecule has 0 rings (SSSR count). The molecular weight excluding hydrogens is 286 g/mol. The fourth-order valence-corrected chi connectivity index (χ4v) is 3.58. The van der Waals surface area contributed by atoms with Gasteiger partial charge >= 0.3 is 0 Å². The average Bonchev–Trinajstić information content (AvgIpc) is 2.27. The fourth-order valence-electron chi connectivity index (χ4n) is 2.85. The maximum Gasteiger partial charge on any atom is 0.0113 e. The zero-order valence-corrected chi connectivity index (χ0v) is 15.2.